The van der Waals surface area contributed by atoms with E-state index in [0.717, 1.165) is 21.1 Å². The highest BCUT2D eigenvalue weighted by atomic mass is 35.5. The summed E-state index contributed by atoms with van der Waals surface area (Å²) in [6, 6.07) is 7.34. The largest absolute Gasteiger partial charge is 0.410 e. The molecule has 0 aliphatic heterocycles. The van der Waals surface area contributed by atoms with E-state index in [4.69, 9.17) is 20.5 Å². The molecule has 0 unspecified atom stereocenters. The summed E-state index contributed by atoms with van der Waals surface area (Å²) in [5.74, 6) is 1.79. The lowest BCUT2D eigenvalue weighted by Crippen LogP contribution is -1.84. The lowest BCUT2D eigenvalue weighted by molar-refractivity contribution is 0.391. The molecule has 0 N–H and O–H groups in total. The van der Waals surface area contributed by atoms with Gasteiger partial charge in [-0.2, -0.15) is 4.98 Å². The molecule has 0 saturated heterocycles. The number of thioether (sulfide) groups is 1. The average molecular weight is 406 g/mol. The summed E-state index contributed by atoms with van der Waals surface area (Å²) < 4.78 is 11.0. The quantitative estimate of drug-likeness (QED) is 0.437. The molecule has 4 aromatic rings. The van der Waals surface area contributed by atoms with Gasteiger partial charge in [-0.25, -0.2) is 4.98 Å². The second kappa shape index (κ2) is 7.18. The van der Waals surface area contributed by atoms with Crippen LogP contribution >= 0.6 is 34.7 Å². The van der Waals surface area contributed by atoms with Crippen LogP contribution in [0, 0.1) is 13.8 Å². The Morgan fingerprint density at radius 3 is 2.77 bits per heavy atom. The summed E-state index contributed by atoms with van der Waals surface area (Å²) in [4.78, 5) is 9.62. The van der Waals surface area contributed by atoms with Gasteiger partial charge in [-0.3, -0.25) is 0 Å². The highest BCUT2D eigenvalue weighted by Crippen LogP contribution is 2.31. The van der Waals surface area contributed by atoms with Gasteiger partial charge in [0.15, 0.2) is 0 Å². The number of rotatable bonds is 5. The molecule has 0 aliphatic rings. The van der Waals surface area contributed by atoms with Gasteiger partial charge in [0.25, 0.3) is 11.1 Å². The van der Waals surface area contributed by atoms with Gasteiger partial charge in [0.2, 0.25) is 11.7 Å². The Labute approximate surface area is 161 Å². The van der Waals surface area contributed by atoms with Crippen molar-refractivity contribution in [2.24, 2.45) is 0 Å². The van der Waals surface area contributed by atoms with Crippen LogP contribution in [0.15, 0.2) is 38.4 Å². The Balaban J connectivity index is 1.46. The minimum absolute atomic E-state index is 0.416. The molecule has 0 amide bonds. The molecule has 4 rings (SSSR count). The number of hydrogen-bond acceptors (Lipinski definition) is 9. The van der Waals surface area contributed by atoms with Gasteiger partial charge in [0.05, 0.1) is 21.5 Å². The summed E-state index contributed by atoms with van der Waals surface area (Å²) in [6.07, 6.45) is 0. The zero-order chi connectivity index (χ0) is 18.1. The van der Waals surface area contributed by atoms with Crippen LogP contribution in [-0.2, 0) is 5.75 Å². The molecule has 0 aliphatic carbocycles. The van der Waals surface area contributed by atoms with Crippen molar-refractivity contribution in [3.63, 3.8) is 0 Å². The van der Waals surface area contributed by atoms with Crippen molar-refractivity contribution in [3.05, 3.63) is 45.9 Å². The number of hydrogen-bond donors (Lipinski definition) is 0. The molecular formula is C16H12ClN5O2S2. The molecule has 26 heavy (non-hydrogen) atoms. The molecule has 0 radical (unpaired) electrons. The van der Waals surface area contributed by atoms with E-state index in [2.05, 4.69) is 25.3 Å². The first kappa shape index (κ1) is 17.2. The fourth-order valence-corrected chi connectivity index (χ4v) is 3.94. The molecule has 0 fully saturated rings. The zero-order valence-corrected chi connectivity index (χ0v) is 16.2. The highest BCUT2D eigenvalue weighted by molar-refractivity contribution is 7.98. The summed E-state index contributed by atoms with van der Waals surface area (Å²) >= 11 is 9.01. The van der Waals surface area contributed by atoms with Crippen LogP contribution in [0.1, 0.15) is 16.6 Å². The smallest absolute Gasteiger partial charge is 0.277 e. The molecule has 3 heterocycles. The van der Waals surface area contributed by atoms with Crippen LogP contribution in [0.2, 0.25) is 5.02 Å². The van der Waals surface area contributed by atoms with Crippen LogP contribution in [0.3, 0.4) is 0 Å². The monoisotopic (exact) mass is 405 g/mol. The van der Waals surface area contributed by atoms with Crippen LogP contribution in [-0.4, -0.2) is 25.3 Å². The zero-order valence-electron chi connectivity index (χ0n) is 13.8. The number of aryl methyl sites for hydroxylation is 2. The standard InChI is InChI=1S/C16H12ClN5O2S2/c1-8-13(26-9(2)18-8)15-20-21-16(23-15)25-7-12-19-14(22-24-12)10-5-3-4-6-11(10)17/h3-6H,7H2,1-2H3. The minimum Gasteiger partial charge on any atom is -0.410 e. The molecule has 0 spiro atoms. The number of benzene rings is 1. The third-order valence-electron chi connectivity index (χ3n) is 3.41. The minimum atomic E-state index is 0.416. The van der Waals surface area contributed by atoms with Gasteiger partial charge in [-0.15, -0.1) is 21.5 Å². The van der Waals surface area contributed by atoms with Crippen LogP contribution in [0.5, 0.6) is 0 Å². The van der Waals surface area contributed by atoms with Gasteiger partial charge in [-0.05, 0) is 26.0 Å². The summed E-state index contributed by atoms with van der Waals surface area (Å²) in [5, 5.41) is 14.1. The topological polar surface area (TPSA) is 90.7 Å². The van der Waals surface area contributed by atoms with Crippen molar-refractivity contribution in [1.29, 1.82) is 0 Å². The van der Waals surface area contributed by atoms with Crippen molar-refractivity contribution >= 4 is 34.7 Å². The Hall–Kier alpha value is -2.23. The lowest BCUT2D eigenvalue weighted by Gasteiger charge is -1.95. The second-order valence-electron chi connectivity index (χ2n) is 5.30. The molecule has 3 aromatic heterocycles. The van der Waals surface area contributed by atoms with Gasteiger partial charge in [-0.1, -0.05) is 40.7 Å². The van der Waals surface area contributed by atoms with Gasteiger partial charge >= 0.3 is 0 Å². The lowest BCUT2D eigenvalue weighted by atomic mass is 10.2. The van der Waals surface area contributed by atoms with E-state index in [1.165, 1.54) is 23.1 Å². The maximum Gasteiger partial charge on any atom is 0.277 e. The summed E-state index contributed by atoms with van der Waals surface area (Å²) in [6.45, 7) is 3.86. The first-order valence-electron chi connectivity index (χ1n) is 7.58. The van der Waals surface area contributed by atoms with Crippen molar-refractivity contribution in [2.75, 3.05) is 0 Å². The summed E-state index contributed by atoms with van der Waals surface area (Å²) in [5.41, 5.74) is 1.61. The van der Waals surface area contributed by atoms with Crippen molar-refractivity contribution in [3.8, 4) is 22.2 Å². The molecular weight excluding hydrogens is 394 g/mol. The fraction of sp³-hybridized carbons (Fsp3) is 0.188. The Morgan fingerprint density at radius 2 is 2.00 bits per heavy atom. The van der Waals surface area contributed by atoms with Crippen molar-refractivity contribution < 1.29 is 8.94 Å². The average Bonchev–Trinajstić information content (AvgIpc) is 3.33. The highest BCUT2D eigenvalue weighted by Gasteiger charge is 2.17. The van der Waals surface area contributed by atoms with Gasteiger partial charge in [0, 0.05) is 5.56 Å². The SMILES string of the molecule is Cc1nc(C)c(-c2nnc(SCc3nc(-c4ccccc4Cl)no3)o2)s1. The van der Waals surface area contributed by atoms with Crippen LogP contribution in [0.25, 0.3) is 22.2 Å². The number of aromatic nitrogens is 5. The van der Waals surface area contributed by atoms with Crippen molar-refractivity contribution in [2.45, 2.75) is 24.8 Å². The maximum atomic E-state index is 6.15. The molecule has 7 nitrogen and oxygen atoms in total. The van der Waals surface area contributed by atoms with E-state index in [1.807, 2.05) is 32.0 Å². The number of halogens is 1. The van der Waals surface area contributed by atoms with Gasteiger partial charge in [0.1, 0.15) is 4.88 Å². The summed E-state index contributed by atoms with van der Waals surface area (Å²) in [7, 11) is 0. The maximum absolute atomic E-state index is 6.15. The van der Waals surface area contributed by atoms with Gasteiger partial charge < -0.3 is 8.94 Å². The molecule has 132 valence electrons. The second-order valence-corrected chi connectivity index (χ2v) is 7.84. The Kier molecular flexibility index (Phi) is 4.75. The van der Waals surface area contributed by atoms with Crippen LogP contribution < -0.4 is 0 Å². The Bertz CT molecular complexity index is 1060. The van der Waals surface area contributed by atoms with E-state index < -0.39 is 0 Å². The van der Waals surface area contributed by atoms with Crippen LogP contribution in [0.4, 0.5) is 0 Å². The van der Waals surface area contributed by atoms with E-state index >= 15 is 0 Å². The van der Waals surface area contributed by atoms with E-state index in [0.29, 0.717) is 33.6 Å². The molecule has 0 bridgehead atoms. The predicted molar refractivity (Wildman–Crippen MR) is 99.2 cm³/mol. The first-order chi connectivity index (χ1) is 12.6. The predicted octanol–water partition coefficient (Wildman–Crippen LogP) is 4.81. The molecule has 0 atom stereocenters. The third kappa shape index (κ3) is 3.50. The van der Waals surface area contributed by atoms with Crippen molar-refractivity contribution in [1.82, 2.24) is 25.3 Å². The first-order valence-corrected chi connectivity index (χ1v) is 9.76. The third-order valence-corrected chi connectivity index (χ3v) is 5.60. The normalized spacial score (nSPS) is 11.2. The molecule has 0 saturated carbocycles. The molecule has 10 heteroatoms. The number of thiazole rings is 1. The Morgan fingerprint density at radius 1 is 1.15 bits per heavy atom. The van der Waals surface area contributed by atoms with E-state index in [-0.39, 0.29) is 0 Å². The van der Waals surface area contributed by atoms with E-state index in [1.54, 1.807) is 6.07 Å². The fourth-order valence-electron chi connectivity index (χ4n) is 2.28. The van der Waals surface area contributed by atoms with E-state index in [9.17, 15) is 0 Å². The number of nitrogens with zero attached hydrogens (tertiary/aromatic N) is 5. The molecule has 1 aromatic carbocycles.